The molecule has 0 rings (SSSR count). The first kappa shape index (κ1) is 11.2. The first-order chi connectivity index (χ1) is 5.81. The largest absolute Gasteiger partial charge is 0.463 e. The lowest BCUT2D eigenvalue weighted by molar-refractivity contribution is -0.144. The van der Waals surface area contributed by atoms with Gasteiger partial charge in [0.1, 0.15) is 6.61 Å². The first-order valence-corrected chi connectivity index (χ1v) is 4.06. The van der Waals surface area contributed by atoms with Crippen molar-refractivity contribution in [1.29, 1.82) is 0 Å². The van der Waals surface area contributed by atoms with Gasteiger partial charge in [-0.2, -0.15) is 0 Å². The summed E-state index contributed by atoms with van der Waals surface area (Å²) in [5, 5.41) is 0. The highest BCUT2D eigenvalue weighted by Crippen LogP contribution is 1.97. The van der Waals surface area contributed by atoms with Gasteiger partial charge < -0.3 is 9.47 Å². The van der Waals surface area contributed by atoms with Crippen LogP contribution in [0.3, 0.4) is 0 Å². The van der Waals surface area contributed by atoms with Gasteiger partial charge in [-0.3, -0.25) is 4.79 Å². The summed E-state index contributed by atoms with van der Waals surface area (Å²) in [7, 11) is 1.57. The lowest BCUT2D eigenvalue weighted by Gasteiger charge is -2.02. The minimum absolute atomic E-state index is 0.158. The molecule has 0 unspecified atom stereocenters. The molecule has 0 saturated carbocycles. The fraction of sp³-hybridized carbons (Fsp3) is 0.667. The van der Waals surface area contributed by atoms with Crippen molar-refractivity contribution in [3.8, 4) is 0 Å². The number of unbranched alkanes of at least 4 members (excludes halogenated alkanes) is 1. The smallest absolute Gasteiger partial charge is 0.305 e. The average molecular weight is 172 g/mol. The van der Waals surface area contributed by atoms with Crippen molar-refractivity contribution < 1.29 is 14.3 Å². The van der Waals surface area contributed by atoms with Crippen molar-refractivity contribution in [2.24, 2.45) is 0 Å². The summed E-state index contributed by atoms with van der Waals surface area (Å²) in [4.78, 5) is 10.9. The van der Waals surface area contributed by atoms with Crippen LogP contribution in [0.25, 0.3) is 0 Å². The van der Waals surface area contributed by atoms with E-state index in [1.54, 1.807) is 13.2 Å². The molecule has 0 fully saturated rings. The third kappa shape index (κ3) is 7.28. The molecule has 0 aliphatic heterocycles. The summed E-state index contributed by atoms with van der Waals surface area (Å²) in [6.45, 7) is 4.38. The molecule has 0 saturated heterocycles. The lowest BCUT2D eigenvalue weighted by atomic mass is 10.2. The van der Waals surface area contributed by atoms with Crippen LogP contribution in [0.5, 0.6) is 0 Å². The van der Waals surface area contributed by atoms with Gasteiger partial charge in [0.05, 0.1) is 6.61 Å². The second-order valence-electron chi connectivity index (χ2n) is 2.39. The predicted octanol–water partition coefficient (Wildman–Crippen LogP) is 1.53. The van der Waals surface area contributed by atoms with E-state index in [1.165, 1.54) is 0 Å². The van der Waals surface area contributed by atoms with E-state index < -0.39 is 0 Å². The number of esters is 1. The third-order valence-corrected chi connectivity index (χ3v) is 1.34. The first-order valence-electron chi connectivity index (χ1n) is 4.06. The molecular formula is C9H16O3. The Morgan fingerprint density at radius 1 is 1.50 bits per heavy atom. The molecule has 0 aromatic heterocycles. The number of hydrogen-bond donors (Lipinski definition) is 0. The van der Waals surface area contributed by atoms with Crippen LogP contribution in [-0.4, -0.2) is 26.3 Å². The van der Waals surface area contributed by atoms with Crippen LogP contribution in [0.1, 0.15) is 19.3 Å². The molecule has 0 spiro atoms. The summed E-state index contributed by atoms with van der Waals surface area (Å²) >= 11 is 0. The van der Waals surface area contributed by atoms with Gasteiger partial charge in [0.15, 0.2) is 0 Å². The Labute approximate surface area is 73.4 Å². The number of ether oxygens (including phenoxy) is 2. The maximum absolute atomic E-state index is 10.9. The van der Waals surface area contributed by atoms with E-state index in [0.29, 0.717) is 19.6 Å². The molecule has 0 aromatic rings. The fourth-order valence-electron chi connectivity index (χ4n) is 0.702. The zero-order valence-electron chi connectivity index (χ0n) is 7.54. The predicted molar refractivity (Wildman–Crippen MR) is 46.9 cm³/mol. The Kier molecular flexibility index (Phi) is 7.70. The van der Waals surface area contributed by atoms with Crippen LogP contribution in [-0.2, 0) is 14.3 Å². The monoisotopic (exact) mass is 172 g/mol. The van der Waals surface area contributed by atoms with Crippen molar-refractivity contribution in [2.45, 2.75) is 19.3 Å². The highest BCUT2D eigenvalue weighted by molar-refractivity contribution is 5.69. The number of carbonyl (C=O) groups is 1. The third-order valence-electron chi connectivity index (χ3n) is 1.34. The summed E-state index contributed by atoms with van der Waals surface area (Å²) in [6.07, 6.45) is 3.94. The minimum Gasteiger partial charge on any atom is -0.463 e. The van der Waals surface area contributed by atoms with Crippen LogP contribution < -0.4 is 0 Å². The maximum Gasteiger partial charge on any atom is 0.305 e. The molecule has 0 atom stereocenters. The summed E-state index contributed by atoms with van der Waals surface area (Å²) in [5.74, 6) is -0.158. The molecule has 0 aromatic carbocycles. The van der Waals surface area contributed by atoms with E-state index in [0.717, 1.165) is 12.8 Å². The van der Waals surface area contributed by atoms with Crippen molar-refractivity contribution in [3.63, 3.8) is 0 Å². The van der Waals surface area contributed by atoms with Gasteiger partial charge in [-0.15, -0.1) is 6.58 Å². The van der Waals surface area contributed by atoms with Crippen LogP contribution in [0.2, 0.25) is 0 Å². The summed E-state index contributed by atoms with van der Waals surface area (Å²) in [6, 6.07) is 0. The molecule has 3 heteroatoms. The molecule has 0 aliphatic rings. The molecule has 0 heterocycles. The van der Waals surface area contributed by atoms with Gasteiger partial charge in [-0.25, -0.2) is 0 Å². The molecule has 0 amide bonds. The number of allylic oxidation sites excluding steroid dienone is 1. The molecule has 0 aliphatic carbocycles. The molecule has 0 bridgehead atoms. The Bertz CT molecular complexity index is 132. The van der Waals surface area contributed by atoms with Crippen molar-refractivity contribution in [2.75, 3.05) is 20.3 Å². The van der Waals surface area contributed by atoms with E-state index in [4.69, 9.17) is 9.47 Å². The second kappa shape index (κ2) is 8.27. The molecule has 3 nitrogen and oxygen atoms in total. The van der Waals surface area contributed by atoms with E-state index >= 15 is 0 Å². The molecule has 0 radical (unpaired) electrons. The van der Waals surface area contributed by atoms with E-state index in [9.17, 15) is 4.79 Å². The summed E-state index contributed by atoms with van der Waals surface area (Å²) in [5.41, 5.74) is 0. The number of hydrogen-bond acceptors (Lipinski definition) is 3. The number of methoxy groups -OCH3 is 1. The van der Waals surface area contributed by atoms with Gasteiger partial charge in [0.2, 0.25) is 0 Å². The Morgan fingerprint density at radius 3 is 2.83 bits per heavy atom. The average Bonchev–Trinajstić information content (AvgIpc) is 2.06. The SMILES string of the molecule is C=CCCCC(=O)OCCOC. The number of carbonyl (C=O) groups excluding carboxylic acids is 1. The Morgan fingerprint density at radius 2 is 2.25 bits per heavy atom. The van der Waals surface area contributed by atoms with Gasteiger partial charge in [0.25, 0.3) is 0 Å². The van der Waals surface area contributed by atoms with Gasteiger partial charge >= 0.3 is 5.97 Å². The second-order valence-corrected chi connectivity index (χ2v) is 2.39. The highest BCUT2D eigenvalue weighted by atomic mass is 16.6. The molecular weight excluding hydrogens is 156 g/mol. The minimum atomic E-state index is -0.158. The zero-order valence-corrected chi connectivity index (χ0v) is 7.54. The van der Waals surface area contributed by atoms with Crippen LogP contribution in [0.4, 0.5) is 0 Å². The Hall–Kier alpha value is -0.830. The Balaban J connectivity index is 3.15. The van der Waals surface area contributed by atoms with Gasteiger partial charge in [-0.1, -0.05) is 6.08 Å². The van der Waals surface area contributed by atoms with Gasteiger partial charge in [0, 0.05) is 13.5 Å². The van der Waals surface area contributed by atoms with Gasteiger partial charge in [-0.05, 0) is 12.8 Å². The molecule has 12 heavy (non-hydrogen) atoms. The number of rotatable bonds is 7. The van der Waals surface area contributed by atoms with Crippen LogP contribution >= 0.6 is 0 Å². The summed E-state index contributed by atoms with van der Waals surface area (Å²) < 4.78 is 9.56. The quantitative estimate of drug-likeness (QED) is 0.332. The van der Waals surface area contributed by atoms with Crippen molar-refractivity contribution in [3.05, 3.63) is 12.7 Å². The zero-order chi connectivity index (χ0) is 9.23. The maximum atomic E-state index is 10.9. The lowest BCUT2D eigenvalue weighted by Crippen LogP contribution is -2.09. The topological polar surface area (TPSA) is 35.5 Å². The van der Waals surface area contributed by atoms with E-state index in [1.807, 2.05) is 0 Å². The van der Waals surface area contributed by atoms with E-state index in [-0.39, 0.29) is 5.97 Å². The van der Waals surface area contributed by atoms with Crippen molar-refractivity contribution in [1.82, 2.24) is 0 Å². The normalized spacial score (nSPS) is 9.42. The fourth-order valence-corrected chi connectivity index (χ4v) is 0.702. The highest BCUT2D eigenvalue weighted by Gasteiger charge is 2.00. The molecule has 0 N–H and O–H groups in total. The van der Waals surface area contributed by atoms with Crippen molar-refractivity contribution >= 4 is 5.97 Å². The van der Waals surface area contributed by atoms with E-state index in [2.05, 4.69) is 6.58 Å². The van der Waals surface area contributed by atoms with Crippen LogP contribution in [0, 0.1) is 0 Å². The standard InChI is InChI=1S/C9H16O3/c1-3-4-5-6-9(10)12-8-7-11-2/h3H,1,4-8H2,2H3. The van der Waals surface area contributed by atoms with Crippen LogP contribution in [0.15, 0.2) is 12.7 Å². The molecule has 70 valence electrons.